The van der Waals surface area contributed by atoms with E-state index in [9.17, 15) is 4.79 Å². The Morgan fingerprint density at radius 2 is 1.81 bits per heavy atom. The Morgan fingerprint density at radius 3 is 2.38 bits per heavy atom. The SMILES string of the molecule is COc1ccc(C2(c3nc(CC(=O)O)cs3)Cc3ccccc3C2)cc1. The third-order valence-corrected chi connectivity index (χ3v) is 6.13. The Morgan fingerprint density at radius 1 is 1.15 bits per heavy atom. The van der Waals surface area contributed by atoms with Crippen LogP contribution in [0.15, 0.2) is 53.9 Å². The highest BCUT2D eigenvalue weighted by atomic mass is 32.1. The predicted molar refractivity (Wildman–Crippen MR) is 101 cm³/mol. The molecular formula is C21H19NO3S. The second-order valence-corrected chi connectivity index (χ2v) is 7.51. The summed E-state index contributed by atoms with van der Waals surface area (Å²) in [5, 5.41) is 11.9. The number of carboxylic acids is 1. The normalized spacial score (nSPS) is 14.8. The van der Waals surface area contributed by atoms with Crippen molar-refractivity contribution in [3.8, 4) is 5.75 Å². The van der Waals surface area contributed by atoms with Gasteiger partial charge >= 0.3 is 5.97 Å². The van der Waals surface area contributed by atoms with Gasteiger partial charge in [-0.15, -0.1) is 11.3 Å². The smallest absolute Gasteiger partial charge is 0.309 e. The number of methoxy groups -OCH3 is 1. The number of hydrogen-bond donors (Lipinski definition) is 1. The number of carbonyl (C=O) groups is 1. The average molecular weight is 365 g/mol. The van der Waals surface area contributed by atoms with Crippen LogP contribution < -0.4 is 4.74 Å². The molecule has 0 radical (unpaired) electrons. The summed E-state index contributed by atoms with van der Waals surface area (Å²) in [6, 6.07) is 16.6. The van der Waals surface area contributed by atoms with Crippen LogP contribution in [0.3, 0.4) is 0 Å². The zero-order chi connectivity index (χ0) is 18.1. The fourth-order valence-corrected chi connectivity index (χ4v) is 4.81. The number of aliphatic carboxylic acids is 1. The van der Waals surface area contributed by atoms with Gasteiger partial charge in [-0.2, -0.15) is 0 Å². The summed E-state index contributed by atoms with van der Waals surface area (Å²) in [5.74, 6) is -0.0276. The Labute approximate surface area is 156 Å². The molecule has 0 fully saturated rings. The van der Waals surface area contributed by atoms with E-state index >= 15 is 0 Å². The van der Waals surface area contributed by atoms with E-state index in [-0.39, 0.29) is 11.8 Å². The summed E-state index contributed by atoms with van der Waals surface area (Å²) < 4.78 is 5.30. The topological polar surface area (TPSA) is 59.4 Å². The van der Waals surface area contributed by atoms with Gasteiger partial charge in [0.2, 0.25) is 0 Å². The monoisotopic (exact) mass is 365 g/mol. The van der Waals surface area contributed by atoms with Crippen LogP contribution in [0, 0.1) is 0 Å². The Hall–Kier alpha value is -2.66. The van der Waals surface area contributed by atoms with Crippen LogP contribution in [-0.4, -0.2) is 23.2 Å². The second kappa shape index (κ2) is 6.57. The molecular weight excluding hydrogens is 346 g/mol. The quantitative estimate of drug-likeness (QED) is 0.746. The number of ether oxygens (including phenoxy) is 1. The number of nitrogens with zero attached hydrogens (tertiary/aromatic N) is 1. The summed E-state index contributed by atoms with van der Waals surface area (Å²) in [6.45, 7) is 0. The van der Waals surface area contributed by atoms with Gasteiger partial charge in [0.1, 0.15) is 10.8 Å². The molecule has 0 amide bonds. The lowest BCUT2D eigenvalue weighted by Gasteiger charge is -2.27. The van der Waals surface area contributed by atoms with Crippen molar-refractivity contribution in [3.63, 3.8) is 0 Å². The third kappa shape index (κ3) is 2.88. The van der Waals surface area contributed by atoms with Crippen LogP contribution in [0.4, 0.5) is 0 Å². The lowest BCUT2D eigenvalue weighted by molar-refractivity contribution is -0.136. The molecule has 1 aliphatic carbocycles. The Bertz CT molecular complexity index is 921. The van der Waals surface area contributed by atoms with E-state index in [0.29, 0.717) is 5.69 Å². The molecule has 0 atom stereocenters. The highest BCUT2D eigenvalue weighted by Crippen LogP contribution is 2.46. The van der Waals surface area contributed by atoms with E-state index in [1.165, 1.54) is 16.7 Å². The maximum atomic E-state index is 11.0. The van der Waals surface area contributed by atoms with Crippen molar-refractivity contribution in [2.45, 2.75) is 24.7 Å². The molecule has 5 heteroatoms. The van der Waals surface area contributed by atoms with E-state index in [1.54, 1.807) is 18.4 Å². The molecule has 0 saturated heterocycles. The molecule has 3 aromatic rings. The number of aromatic nitrogens is 1. The van der Waals surface area contributed by atoms with E-state index in [0.717, 1.165) is 23.6 Å². The summed E-state index contributed by atoms with van der Waals surface area (Å²) in [5.41, 5.74) is 4.22. The minimum Gasteiger partial charge on any atom is -0.497 e. The number of thiazole rings is 1. The molecule has 2 aromatic carbocycles. The Balaban J connectivity index is 1.80. The summed E-state index contributed by atoms with van der Waals surface area (Å²) in [6.07, 6.45) is 1.70. The molecule has 0 aliphatic heterocycles. The minimum absolute atomic E-state index is 0.0395. The van der Waals surface area contributed by atoms with Crippen LogP contribution in [0.1, 0.15) is 27.4 Å². The first-order chi connectivity index (χ1) is 12.6. The van der Waals surface area contributed by atoms with E-state index < -0.39 is 5.97 Å². The van der Waals surface area contributed by atoms with Crippen LogP contribution in [0.2, 0.25) is 0 Å². The van der Waals surface area contributed by atoms with Crippen LogP contribution in [0.5, 0.6) is 5.75 Å². The molecule has 0 unspecified atom stereocenters. The molecule has 1 aromatic heterocycles. The first-order valence-corrected chi connectivity index (χ1v) is 9.37. The first kappa shape index (κ1) is 16.8. The molecule has 26 heavy (non-hydrogen) atoms. The van der Waals surface area contributed by atoms with Gasteiger partial charge in [-0.05, 0) is 41.7 Å². The average Bonchev–Trinajstić information content (AvgIpc) is 3.26. The van der Waals surface area contributed by atoms with Gasteiger partial charge in [0, 0.05) is 5.38 Å². The third-order valence-electron chi connectivity index (χ3n) is 5.04. The van der Waals surface area contributed by atoms with Gasteiger partial charge in [-0.3, -0.25) is 4.79 Å². The first-order valence-electron chi connectivity index (χ1n) is 8.49. The van der Waals surface area contributed by atoms with Crippen molar-refractivity contribution in [1.82, 2.24) is 4.98 Å². The van der Waals surface area contributed by atoms with Crippen LogP contribution in [-0.2, 0) is 29.5 Å². The number of benzene rings is 2. The van der Waals surface area contributed by atoms with Gasteiger partial charge in [-0.25, -0.2) is 4.98 Å². The van der Waals surface area contributed by atoms with Gasteiger partial charge in [0.15, 0.2) is 0 Å². The van der Waals surface area contributed by atoms with Crippen molar-refractivity contribution in [3.05, 3.63) is 81.3 Å². The molecule has 4 nitrogen and oxygen atoms in total. The number of carboxylic acid groups (broad SMARTS) is 1. The van der Waals surface area contributed by atoms with Gasteiger partial charge in [0.05, 0.1) is 24.6 Å². The standard InChI is InChI=1S/C21H19NO3S/c1-25-18-8-6-16(7-9-18)21(11-14-4-2-3-5-15(14)12-21)20-22-17(13-26-20)10-19(23)24/h2-9,13H,10-12H2,1H3,(H,23,24). The molecule has 1 N–H and O–H groups in total. The van der Waals surface area contributed by atoms with Crippen molar-refractivity contribution in [2.24, 2.45) is 0 Å². The molecule has 0 saturated carbocycles. The fraction of sp³-hybridized carbons (Fsp3) is 0.238. The van der Waals surface area contributed by atoms with Crippen LogP contribution in [0.25, 0.3) is 0 Å². The molecule has 0 spiro atoms. The zero-order valence-corrected chi connectivity index (χ0v) is 15.3. The molecule has 132 valence electrons. The van der Waals surface area contributed by atoms with Gasteiger partial charge in [0.25, 0.3) is 0 Å². The van der Waals surface area contributed by atoms with Gasteiger partial charge < -0.3 is 9.84 Å². The lowest BCUT2D eigenvalue weighted by Crippen LogP contribution is -2.28. The number of hydrogen-bond acceptors (Lipinski definition) is 4. The highest BCUT2D eigenvalue weighted by molar-refractivity contribution is 7.09. The van der Waals surface area contributed by atoms with Crippen molar-refractivity contribution >= 4 is 17.3 Å². The van der Waals surface area contributed by atoms with Crippen molar-refractivity contribution < 1.29 is 14.6 Å². The lowest BCUT2D eigenvalue weighted by atomic mass is 9.78. The van der Waals surface area contributed by atoms with Crippen LogP contribution >= 0.6 is 11.3 Å². The van der Waals surface area contributed by atoms with E-state index in [2.05, 4.69) is 36.4 Å². The summed E-state index contributed by atoms with van der Waals surface area (Å²) >= 11 is 1.56. The van der Waals surface area contributed by atoms with E-state index in [4.69, 9.17) is 14.8 Å². The maximum Gasteiger partial charge on any atom is 0.309 e. The zero-order valence-electron chi connectivity index (χ0n) is 14.4. The molecule has 4 rings (SSSR count). The largest absolute Gasteiger partial charge is 0.497 e. The molecule has 1 aliphatic rings. The molecule has 0 bridgehead atoms. The number of rotatable bonds is 5. The molecule has 1 heterocycles. The summed E-state index contributed by atoms with van der Waals surface area (Å²) in [7, 11) is 1.66. The Kier molecular flexibility index (Phi) is 4.24. The van der Waals surface area contributed by atoms with E-state index in [1.807, 2.05) is 17.5 Å². The van der Waals surface area contributed by atoms with Gasteiger partial charge in [-0.1, -0.05) is 36.4 Å². The minimum atomic E-state index is -0.852. The van der Waals surface area contributed by atoms with Crippen molar-refractivity contribution in [2.75, 3.05) is 7.11 Å². The maximum absolute atomic E-state index is 11.0. The predicted octanol–water partition coefficient (Wildman–Crippen LogP) is 3.86. The highest BCUT2D eigenvalue weighted by Gasteiger charge is 2.42. The van der Waals surface area contributed by atoms with Crippen molar-refractivity contribution in [1.29, 1.82) is 0 Å². The number of fused-ring (bicyclic) bond motifs is 1. The second-order valence-electron chi connectivity index (χ2n) is 6.65. The summed E-state index contributed by atoms with van der Waals surface area (Å²) in [4.78, 5) is 15.8. The fourth-order valence-electron chi connectivity index (χ4n) is 3.77.